The summed E-state index contributed by atoms with van der Waals surface area (Å²) in [6.07, 6.45) is 1.42. The van der Waals surface area contributed by atoms with Crippen LogP contribution in [-0.2, 0) is 0 Å². The minimum absolute atomic E-state index is 0.122. The molecule has 2 heteroatoms. The fourth-order valence-corrected chi connectivity index (χ4v) is 2.73. The normalized spacial score (nSPS) is 31.3. The summed E-state index contributed by atoms with van der Waals surface area (Å²) in [7, 11) is 0. The second kappa shape index (κ2) is 3.31. The molecule has 1 nitrogen and oxygen atoms in total. The monoisotopic (exact) mass is 205 g/mol. The molecule has 1 aromatic rings. The number of hydrogen-bond donors (Lipinski definition) is 0. The lowest BCUT2D eigenvalue weighted by atomic mass is 10.1. The van der Waals surface area contributed by atoms with Crippen LogP contribution < -0.4 is 0 Å². The maximum atomic E-state index is 13.1. The van der Waals surface area contributed by atoms with Gasteiger partial charge in [-0.25, -0.2) is 4.39 Å². The molecule has 0 radical (unpaired) electrons. The van der Waals surface area contributed by atoms with Crippen molar-refractivity contribution in [3.8, 4) is 0 Å². The Labute approximate surface area is 89.9 Å². The van der Waals surface area contributed by atoms with Crippen LogP contribution >= 0.6 is 0 Å². The number of rotatable bonds is 2. The molecular formula is C13H16FN. The van der Waals surface area contributed by atoms with E-state index < -0.39 is 0 Å². The number of halogens is 1. The van der Waals surface area contributed by atoms with Gasteiger partial charge in [-0.05, 0) is 42.9 Å². The lowest BCUT2D eigenvalue weighted by Gasteiger charge is -2.25. The summed E-state index contributed by atoms with van der Waals surface area (Å²) in [6, 6.07) is 7.37. The molecule has 80 valence electrons. The Morgan fingerprint density at radius 1 is 1.33 bits per heavy atom. The minimum atomic E-state index is -0.122. The molecule has 0 aromatic heterocycles. The van der Waals surface area contributed by atoms with Crippen LogP contribution in [0.25, 0.3) is 0 Å². The summed E-state index contributed by atoms with van der Waals surface area (Å²) in [5.74, 6) is 1.77. The highest BCUT2D eigenvalue weighted by Crippen LogP contribution is 2.47. The average Bonchev–Trinajstić information content (AvgIpc) is 2.85. The second-order valence-electron chi connectivity index (χ2n) is 4.94. The van der Waals surface area contributed by atoms with E-state index in [1.54, 1.807) is 12.1 Å². The molecule has 1 heterocycles. The molecule has 1 saturated heterocycles. The quantitative estimate of drug-likeness (QED) is 0.717. The molecular weight excluding hydrogens is 189 g/mol. The zero-order valence-corrected chi connectivity index (χ0v) is 8.99. The van der Waals surface area contributed by atoms with Gasteiger partial charge in [-0.2, -0.15) is 0 Å². The van der Waals surface area contributed by atoms with Crippen LogP contribution in [-0.4, -0.2) is 18.0 Å². The summed E-state index contributed by atoms with van der Waals surface area (Å²) in [5.41, 5.74) is 1.11. The molecule has 2 aliphatic rings. The molecule has 3 unspecified atom stereocenters. The SMILES string of the molecule is CC(c1cccc(F)c1)N1CC2CC2C1. The summed E-state index contributed by atoms with van der Waals surface area (Å²) in [6.45, 7) is 4.60. The number of nitrogens with zero attached hydrogens (tertiary/aromatic N) is 1. The van der Waals surface area contributed by atoms with Crippen LogP contribution in [0.1, 0.15) is 24.9 Å². The molecule has 1 saturated carbocycles. The molecule has 3 atom stereocenters. The van der Waals surface area contributed by atoms with Crippen molar-refractivity contribution in [2.45, 2.75) is 19.4 Å². The third kappa shape index (κ3) is 1.67. The van der Waals surface area contributed by atoms with Gasteiger partial charge in [0.2, 0.25) is 0 Å². The van der Waals surface area contributed by atoms with Gasteiger partial charge in [-0.15, -0.1) is 0 Å². The number of likely N-dealkylation sites (tertiary alicyclic amines) is 1. The van der Waals surface area contributed by atoms with Crippen molar-refractivity contribution in [3.05, 3.63) is 35.6 Å². The van der Waals surface area contributed by atoms with Gasteiger partial charge >= 0.3 is 0 Å². The van der Waals surface area contributed by atoms with E-state index in [2.05, 4.69) is 11.8 Å². The van der Waals surface area contributed by atoms with Crippen LogP contribution in [0.15, 0.2) is 24.3 Å². The van der Waals surface area contributed by atoms with Crippen molar-refractivity contribution in [3.63, 3.8) is 0 Å². The van der Waals surface area contributed by atoms with Crippen molar-refractivity contribution in [1.82, 2.24) is 4.90 Å². The Morgan fingerprint density at radius 3 is 2.73 bits per heavy atom. The standard InChI is InChI=1S/C13H16FN/c1-9(10-3-2-4-13(14)6-10)15-7-11-5-12(11)8-15/h2-4,6,9,11-12H,5,7-8H2,1H3. The van der Waals surface area contributed by atoms with Crippen molar-refractivity contribution >= 4 is 0 Å². The van der Waals surface area contributed by atoms with E-state index in [1.807, 2.05) is 6.07 Å². The third-order valence-electron chi connectivity index (χ3n) is 3.89. The molecule has 0 bridgehead atoms. The number of fused-ring (bicyclic) bond motifs is 1. The van der Waals surface area contributed by atoms with E-state index in [0.717, 1.165) is 17.4 Å². The van der Waals surface area contributed by atoms with Gasteiger partial charge in [0.1, 0.15) is 5.82 Å². The van der Waals surface area contributed by atoms with Gasteiger partial charge in [-0.3, -0.25) is 4.90 Å². The van der Waals surface area contributed by atoms with Gasteiger partial charge in [0, 0.05) is 19.1 Å². The van der Waals surface area contributed by atoms with Gasteiger partial charge in [0.15, 0.2) is 0 Å². The van der Waals surface area contributed by atoms with E-state index in [4.69, 9.17) is 0 Å². The second-order valence-corrected chi connectivity index (χ2v) is 4.94. The van der Waals surface area contributed by atoms with Crippen molar-refractivity contribution in [2.24, 2.45) is 11.8 Å². The van der Waals surface area contributed by atoms with E-state index >= 15 is 0 Å². The molecule has 3 rings (SSSR count). The van der Waals surface area contributed by atoms with E-state index in [1.165, 1.54) is 25.6 Å². The zero-order chi connectivity index (χ0) is 10.4. The van der Waals surface area contributed by atoms with E-state index in [9.17, 15) is 4.39 Å². The van der Waals surface area contributed by atoms with Crippen LogP contribution in [0.3, 0.4) is 0 Å². The summed E-state index contributed by atoms with van der Waals surface area (Å²) >= 11 is 0. The minimum Gasteiger partial charge on any atom is -0.296 e. The molecule has 0 spiro atoms. The van der Waals surface area contributed by atoms with Crippen molar-refractivity contribution in [1.29, 1.82) is 0 Å². The van der Waals surface area contributed by atoms with Gasteiger partial charge in [0.25, 0.3) is 0 Å². The lowest BCUT2D eigenvalue weighted by molar-refractivity contribution is 0.236. The lowest BCUT2D eigenvalue weighted by Crippen LogP contribution is -2.26. The Kier molecular flexibility index (Phi) is 2.06. The predicted molar refractivity (Wildman–Crippen MR) is 58.0 cm³/mol. The van der Waals surface area contributed by atoms with E-state index in [0.29, 0.717) is 6.04 Å². The third-order valence-corrected chi connectivity index (χ3v) is 3.89. The Morgan fingerprint density at radius 2 is 2.07 bits per heavy atom. The fraction of sp³-hybridized carbons (Fsp3) is 0.538. The van der Waals surface area contributed by atoms with Gasteiger partial charge in [-0.1, -0.05) is 12.1 Å². The topological polar surface area (TPSA) is 3.24 Å². The molecule has 1 aromatic carbocycles. The maximum Gasteiger partial charge on any atom is 0.123 e. The first kappa shape index (κ1) is 9.34. The number of piperidine rings is 1. The number of benzene rings is 1. The molecule has 2 fully saturated rings. The van der Waals surface area contributed by atoms with Crippen LogP contribution in [0.2, 0.25) is 0 Å². The Hall–Kier alpha value is -0.890. The number of hydrogen-bond acceptors (Lipinski definition) is 1. The predicted octanol–water partition coefficient (Wildman–Crippen LogP) is 2.84. The molecule has 0 amide bonds. The van der Waals surface area contributed by atoms with E-state index in [-0.39, 0.29) is 5.82 Å². The smallest absolute Gasteiger partial charge is 0.123 e. The largest absolute Gasteiger partial charge is 0.296 e. The first-order valence-electron chi connectivity index (χ1n) is 5.73. The summed E-state index contributed by atoms with van der Waals surface area (Å²) < 4.78 is 13.1. The van der Waals surface area contributed by atoms with Gasteiger partial charge < -0.3 is 0 Å². The molecule has 15 heavy (non-hydrogen) atoms. The van der Waals surface area contributed by atoms with Crippen molar-refractivity contribution < 1.29 is 4.39 Å². The molecule has 1 aliphatic heterocycles. The highest BCUT2D eigenvalue weighted by molar-refractivity contribution is 5.20. The molecule has 1 aliphatic carbocycles. The summed E-state index contributed by atoms with van der Waals surface area (Å²) in [4.78, 5) is 2.48. The highest BCUT2D eigenvalue weighted by Gasteiger charge is 2.46. The van der Waals surface area contributed by atoms with Gasteiger partial charge in [0.05, 0.1) is 0 Å². The average molecular weight is 205 g/mol. The Balaban J connectivity index is 1.76. The fourth-order valence-electron chi connectivity index (χ4n) is 2.73. The van der Waals surface area contributed by atoms with Crippen LogP contribution in [0.5, 0.6) is 0 Å². The van der Waals surface area contributed by atoms with Crippen LogP contribution in [0.4, 0.5) is 4.39 Å². The first-order valence-corrected chi connectivity index (χ1v) is 5.73. The van der Waals surface area contributed by atoms with Crippen molar-refractivity contribution in [2.75, 3.05) is 13.1 Å². The maximum absolute atomic E-state index is 13.1. The molecule has 0 N–H and O–H groups in total. The first-order chi connectivity index (χ1) is 7.24. The zero-order valence-electron chi connectivity index (χ0n) is 8.99. The Bertz CT molecular complexity index is 367. The van der Waals surface area contributed by atoms with Crippen LogP contribution in [0, 0.1) is 17.7 Å². The highest BCUT2D eigenvalue weighted by atomic mass is 19.1. The summed E-state index contributed by atoms with van der Waals surface area (Å²) in [5, 5.41) is 0.